The van der Waals surface area contributed by atoms with E-state index in [2.05, 4.69) is 10.6 Å². The van der Waals surface area contributed by atoms with Crippen molar-refractivity contribution in [3.8, 4) is 0 Å². The molecule has 0 aromatic carbocycles. The Morgan fingerprint density at radius 2 is 1.53 bits per heavy atom. The van der Waals surface area contributed by atoms with E-state index in [0.29, 0.717) is 12.1 Å². The van der Waals surface area contributed by atoms with E-state index in [1.165, 1.54) is 38.5 Å². The maximum absolute atomic E-state index is 12.0. The third kappa shape index (κ3) is 2.96. The highest BCUT2D eigenvalue weighted by Gasteiger charge is 2.50. The monoisotopic (exact) mass is 264 g/mol. The number of amides is 1. The molecule has 0 saturated heterocycles. The summed E-state index contributed by atoms with van der Waals surface area (Å²) in [5.74, 6) is 2.95. The van der Waals surface area contributed by atoms with E-state index in [4.69, 9.17) is 0 Å². The average Bonchev–Trinajstić information content (AvgIpc) is 2.22. The van der Waals surface area contributed by atoms with Gasteiger partial charge in [-0.1, -0.05) is 0 Å². The zero-order valence-electron chi connectivity index (χ0n) is 12.6. The van der Waals surface area contributed by atoms with Crippen LogP contribution in [0.25, 0.3) is 0 Å². The Morgan fingerprint density at radius 1 is 1.05 bits per heavy atom. The highest BCUT2D eigenvalue weighted by atomic mass is 16.2. The van der Waals surface area contributed by atoms with Crippen molar-refractivity contribution < 1.29 is 4.79 Å². The second-order valence-electron chi connectivity index (χ2n) is 8.35. The van der Waals surface area contributed by atoms with E-state index in [1.807, 2.05) is 20.8 Å². The highest BCUT2D eigenvalue weighted by molar-refractivity contribution is 5.78. The van der Waals surface area contributed by atoms with E-state index in [1.54, 1.807) is 0 Å². The number of rotatable bonds is 3. The molecule has 4 aliphatic rings. The molecular formula is C16H28N2O. The maximum atomic E-state index is 12.0. The van der Waals surface area contributed by atoms with Gasteiger partial charge >= 0.3 is 0 Å². The zero-order valence-corrected chi connectivity index (χ0v) is 12.6. The van der Waals surface area contributed by atoms with Crippen LogP contribution in [0.4, 0.5) is 0 Å². The van der Waals surface area contributed by atoms with E-state index in [0.717, 1.165) is 17.8 Å². The Morgan fingerprint density at radius 3 is 1.95 bits per heavy atom. The molecule has 2 N–H and O–H groups in total. The van der Waals surface area contributed by atoms with E-state index < -0.39 is 0 Å². The first-order valence-corrected chi connectivity index (χ1v) is 7.90. The smallest absolute Gasteiger partial charge is 0.234 e. The van der Waals surface area contributed by atoms with Gasteiger partial charge in [0.15, 0.2) is 0 Å². The van der Waals surface area contributed by atoms with Crippen LogP contribution >= 0.6 is 0 Å². The Kier molecular flexibility index (Phi) is 3.16. The number of hydrogen-bond donors (Lipinski definition) is 2. The second kappa shape index (κ2) is 4.47. The topological polar surface area (TPSA) is 41.1 Å². The minimum atomic E-state index is -0.125. The molecule has 19 heavy (non-hydrogen) atoms. The lowest BCUT2D eigenvalue weighted by atomic mass is 9.53. The van der Waals surface area contributed by atoms with Crippen LogP contribution in [0.1, 0.15) is 59.3 Å². The van der Waals surface area contributed by atoms with Crippen molar-refractivity contribution in [2.45, 2.75) is 70.4 Å². The molecule has 3 nitrogen and oxygen atoms in total. The Balaban J connectivity index is 1.57. The van der Waals surface area contributed by atoms with Gasteiger partial charge in [-0.3, -0.25) is 4.79 Å². The summed E-state index contributed by atoms with van der Waals surface area (Å²) in [6.45, 7) is 6.60. The lowest BCUT2D eigenvalue weighted by Crippen LogP contribution is -2.60. The van der Waals surface area contributed by atoms with Gasteiger partial charge in [0.1, 0.15) is 0 Å². The highest BCUT2D eigenvalue weighted by Crippen LogP contribution is 2.55. The summed E-state index contributed by atoms with van der Waals surface area (Å²) in [6.07, 6.45) is 8.28. The summed E-state index contributed by atoms with van der Waals surface area (Å²) in [7, 11) is 0. The predicted molar refractivity (Wildman–Crippen MR) is 76.8 cm³/mol. The van der Waals surface area contributed by atoms with Crippen LogP contribution in [0.5, 0.6) is 0 Å². The lowest BCUT2D eigenvalue weighted by Gasteiger charge is -2.57. The first-order valence-electron chi connectivity index (χ1n) is 7.90. The van der Waals surface area contributed by atoms with Gasteiger partial charge in [0, 0.05) is 11.1 Å². The first-order chi connectivity index (χ1) is 8.84. The van der Waals surface area contributed by atoms with Crippen molar-refractivity contribution in [2.24, 2.45) is 17.8 Å². The molecule has 4 saturated carbocycles. The molecule has 0 heterocycles. The normalized spacial score (nSPS) is 40.5. The van der Waals surface area contributed by atoms with Gasteiger partial charge < -0.3 is 10.6 Å². The number of hydrogen-bond acceptors (Lipinski definition) is 2. The number of nitrogens with one attached hydrogen (secondary N) is 2. The standard InChI is InChI=1S/C16H28N2O/c1-15(2,3)18-14(19)10-17-16-7-11-4-12(8-16)6-13(5-11)9-16/h11-13,17H,4-10H2,1-3H3,(H,18,19). The van der Waals surface area contributed by atoms with Crippen LogP contribution in [0.3, 0.4) is 0 Å². The third-order valence-electron chi connectivity index (χ3n) is 5.18. The van der Waals surface area contributed by atoms with Crippen molar-refractivity contribution in [1.29, 1.82) is 0 Å². The van der Waals surface area contributed by atoms with Gasteiger partial charge in [-0.05, 0) is 77.0 Å². The molecule has 4 aliphatic carbocycles. The molecule has 0 radical (unpaired) electrons. The van der Waals surface area contributed by atoms with Gasteiger partial charge in [-0.15, -0.1) is 0 Å². The second-order valence-corrected chi connectivity index (χ2v) is 8.35. The van der Waals surface area contributed by atoms with Crippen molar-refractivity contribution in [2.75, 3.05) is 6.54 Å². The van der Waals surface area contributed by atoms with Crippen LogP contribution in [-0.4, -0.2) is 23.5 Å². The van der Waals surface area contributed by atoms with Gasteiger partial charge in [0.05, 0.1) is 6.54 Å². The summed E-state index contributed by atoms with van der Waals surface area (Å²) < 4.78 is 0. The van der Waals surface area contributed by atoms with Crippen LogP contribution in [0.2, 0.25) is 0 Å². The largest absolute Gasteiger partial charge is 0.350 e. The molecule has 4 fully saturated rings. The van der Waals surface area contributed by atoms with Crippen molar-refractivity contribution in [1.82, 2.24) is 10.6 Å². The fraction of sp³-hybridized carbons (Fsp3) is 0.938. The molecule has 4 rings (SSSR count). The van der Waals surface area contributed by atoms with Gasteiger partial charge in [0.25, 0.3) is 0 Å². The Bertz CT molecular complexity index is 334. The summed E-state index contributed by atoms with van der Waals surface area (Å²) >= 11 is 0. The van der Waals surface area contributed by atoms with Gasteiger partial charge in [-0.25, -0.2) is 0 Å². The molecule has 0 aromatic heterocycles. The maximum Gasteiger partial charge on any atom is 0.234 e. The lowest BCUT2D eigenvalue weighted by molar-refractivity contribution is -0.122. The van der Waals surface area contributed by atoms with Gasteiger partial charge in [-0.2, -0.15) is 0 Å². The molecule has 0 atom stereocenters. The summed E-state index contributed by atoms with van der Waals surface area (Å²) in [5.41, 5.74) is 0.171. The summed E-state index contributed by atoms with van der Waals surface area (Å²) in [6, 6.07) is 0. The van der Waals surface area contributed by atoms with Gasteiger partial charge in [0.2, 0.25) is 5.91 Å². The molecular weight excluding hydrogens is 236 g/mol. The minimum absolute atomic E-state index is 0.125. The molecule has 108 valence electrons. The third-order valence-corrected chi connectivity index (χ3v) is 5.18. The van der Waals surface area contributed by atoms with Crippen molar-refractivity contribution in [3.05, 3.63) is 0 Å². The number of carbonyl (C=O) groups excluding carboxylic acids is 1. The van der Waals surface area contributed by atoms with Crippen LogP contribution in [0, 0.1) is 17.8 Å². The summed E-state index contributed by atoms with van der Waals surface area (Å²) in [5, 5.41) is 6.69. The molecule has 4 bridgehead atoms. The van der Waals surface area contributed by atoms with E-state index in [-0.39, 0.29) is 11.4 Å². The molecule has 1 amide bonds. The fourth-order valence-corrected chi connectivity index (χ4v) is 5.06. The van der Waals surface area contributed by atoms with Crippen molar-refractivity contribution in [3.63, 3.8) is 0 Å². The SMILES string of the molecule is CC(C)(C)NC(=O)CNC12CC3CC(CC(C3)C1)C2. The zero-order chi connectivity index (χ0) is 13.7. The number of carbonyl (C=O) groups is 1. The summed E-state index contributed by atoms with van der Waals surface area (Å²) in [4.78, 5) is 12.0. The van der Waals surface area contributed by atoms with E-state index in [9.17, 15) is 4.79 Å². The fourth-order valence-electron chi connectivity index (χ4n) is 5.06. The van der Waals surface area contributed by atoms with Crippen LogP contribution in [0.15, 0.2) is 0 Å². The quantitative estimate of drug-likeness (QED) is 0.822. The molecule has 0 spiro atoms. The first kappa shape index (κ1) is 13.4. The average molecular weight is 264 g/mol. The molecule has 3 heteroatoms. The van der Waals surface area contributed by atoms with E-state index >= 15 is 0 Å². The molecule has 0 aromatic rings. The van der Waals surface area contributed by atoms with Crippen molar-refractivity contribution >= 4 is 5.91 Å². The molecule has 0 unspecified atom stereocenters. The van der Waals surface area contributed by atoms with Crippen LogP contribution in [-0.2, 0) is 4.79 Å². The Labute approximate surface area is 116 Å². The predicted octanol–water partition coefficient (Wildman–Crippen LogP) is 2.46. The van der Waals surface area contributed by atoms with Crippen LogP contribution < -0.4 is 10.6 Å². The minimum Gasteiger partial charge on any atom is -0.350 e. The molecule has 0 aliphatic heterocycles. The Hall–Kier alpha value is -0.570.